The number of carbonyl (C=O) groups excluding carboxylic acids is 3. The van der Waals surface area contributed by atoms with Crippen LogP contribution in [0.15, 0.2) is 30.4 Å². The highest BCUT2D eigenvalue weighted by Crippen LogP contribution is 2.27. The van der Waals surface area contributed by atoms with E-state index in [9.17, 15) is 14.4 Å². The maximum atomic E-state index is 13.4. The molecule has 1 saturated heterocycles. The van der Waals surface area contributed by atoms with Gasteiger partial charge in [-0.05, 0) is 56.2 Å². The number of hydrogen-bond donors (Lipinski definition) is 1. The van der Waals surface area contributed by atoms with Crippen LogP contribution in [0.4, 0.5) is 0 Å². The van der Waals surface area contributed by atoms with Gasteiger partial charge in [0.05, 0.1) is 26.7 Å². The van der Waals surface area contributed by atoms with Crippen LogP contribution in [-0.2, 0) is 32.0 Å². The number of nitriles is 1. The molecule has 1 aliphatic rings. The van der Waals surface area contributed by atoms with Crippen molar-refractivity contribution >= 4 is 39.0 Å². The predicted octanol–water partition coefficient (Wildman–Crippen LogP) is 4.34. The second-order valence-electron chi connectivity index (χ2n) is 9.19. The number of benzene rings is 1. The Hall–Kier alpha value is -2.89. The lowest BCUT2D eigenvalue weighted by atomic mass is 9.87. The van der Waals surface area contributed by atoms with Crippen molar-refractivity contribution in [3.63, 3.8) is 0 Å². The third kappa shape index (κ3) is 7.55. The van der Waals surface area contributed by atoms with E-state index >= 15 is 0 Å². The van der Waals surface area contributed by atoms with Gasteiger partial charge in [0.25, 0.3) is 0 Å². The van der Waals surface area contributed by atoms with Gasteiger partial charge in [-0.15, -0.1) is 11.3 Å². The predicted molar refractivity (Wildman–Crippen MR) is 136 cm³/mol. The maximum absolute atomic E-state index is 13.4. The van der Waals surface area contributed by atoms with Crippen LogP contribution in [0.1, 0.15) is 56.5 Å². The zero-order valence-corrected chi connectivity index (χ0v) is 21.3. The Morgan fingerprint density at radius 2 is 2.06 bits per heavy atom. The lowest BCUT2D eigenvalue weighted by molar-refractivity contribution is -0.130. The molecule has 1 aromatic carbocycles. The molecule has 1 aliphatic heterocycles. The summed E-state index contributed by atoms with van der Waals surface area (Å²) in [5, 5.41) is 12.9. The van der Waals surface area contributed by atoms with Crippen LogP contribution >= 0.6 is 11.3 Å². The van der Waals surface area contributed by atoms with Crippen molar-refractivity contribution in [1.29, 1.82) is 5.26 Å². The summed E-state index contributed by atoms with van der Waals surface area (Å²) in [5.74, 6) is -0.922. The fourth-order valence-corrected chi connectivity index (χ4v) is 5.59. The molecule has 0 radical (unpaired) electrons. The van der Waals surface area contributed by atoms with Gasteiger partial charge in [0, 0.05) is 38.5 Å². The molecule has 3 rings (SSSR count). The van der Waals surface area contributed by atoms with Gasteiger partial charge < -0.3 is 14.8 Å². The monoisotopic (exact) mass is 495 g/mol. The fraction of sp³-hybridized carbons (Fsp3) is 0.519. The summed E-state index contributed by atoms with van der Waals surface area (Å²) in [5.41, 5.74) is 2.07. The topological polar surface area (TPSA) is 109 Å². The molecule has 0 bridgehead atoms. The molecule has 35 heavy (non-hydrogen) atoms. The van der Waals surface area contributed by atoms with Crippen molar-refractivity contribution in [2.24, 2.45) is 11.8 Å². The Bertz CT molecular complexity index is 1130. The molecular weight excluding hydrogens is 462 g/mol. The molecule has 1 aromatic heterocycles. The first kappa shape index (κ1) is 26.7. The van der Waals surface area contributed by atoms with Crippen molar-refractivity contribution in [3.8, 4) is 6.07 Å². The zero-order valence-electron chi connectivity index (χ0n) is 20.5. The molecule has 2 atom stereocenters. The summed E-state index contributed by atoms with van der Waals surface area (Å²) in [6.07, 6.45) is 3.59. The molecule has 186 valence electrons. The van der Waals surface area contributed by atoms with Crippen molar-refractivity contribution < 1.29 is 19.1 Å². The number of nitrogens with zero attached hydrogens (tertiary/aromatic N) is 2. The van der Waals surface area contributed by atoms with Gasteiger partial charge in [0.15, 0.2) is 5.78 Å². The highest BCUT2D eigenvalue weighted by molar-refractivity contribution is 7.18. The van der Waals surface area contributed by atoms with Crippen molar-refractivity contribution in [1.82, 2.24) is 10.3 Å². The number of thiazole rings is 1. The van der Waals surface area contributed by atoms with Gasteiger partial charge in [-0.2, -0.15) is 5.26 Å². The number of aromatic nitrogens is 1. The molecule has 0 unspecified atom stereocenters. The molecule has 2 heterocycles. The smallest absolute Gasteiger partial charge is 0.224 e. The van der Waals surface area contributed by atoms with Crippen LogP contribution in [0, 0.1) is 23.2 Å². The fourth-order valence-electron chi connectivity index (χ4n) is 4.48. The second-order valence-corrected chi connectivity index (χ2v) is 10.3. The quantitative estimate of drug-likeness (QED) is 0.347. The molecule has 0 spiro atoms. The summed E-state index contributed by atoms with van der Waals surface area (Å²) in [7, 11) is 0. The lowest BCUT2D eigenvalue weighted by Gasteiger charge is -2.32. The number of fused-ring (bicyclic) bond motifs is 1. The highest BCUT2D eigenvalue weighted by Gasteiger charge is 2.30. The third-order valence-corrected chi connectivity index (χ3v) is 7.59. The standard InChI is InChI=1S/C27H33N3O4S/c1-4-19-5-6-23-25(14-19)35-26(29-23)15-21(13-18(3)31)27(33)30-22(20-9-11-34-12-10-20)7-8-24(32)17(2)16-28/h5-6,14,20-22H,2,4,7-13,15H2,1,3H3,(H,30,33)/t21-,22+/m0/s1. The van der Waals surface area contributed by atoms with Crippen LogP contribution in [0.2, 0.25) is 0 Å². The van der Waals surface area contributed by atoms with E-state index in [-0.39, 0.29) is 47.8 Å². The molecule has 0 aliphatic carbocycles. The van der Waals surface area contributed by atoms with Crippen molar-refractivity contribution in [3.05, 3.63) is 40.9 Å². The largest absolute Gasteiger partial charge is 0.381 e. The van der Waals surface area contributed by atoms with Crippen molar-refractivity contribution in [2.75, 3.05) is 13.2 Å². The second kappa shape index (κ2) is 12.7. The number of ether oxygens (including phenoxy) is 1. The van der Waals surface area contributed by atoms with Gasteiger partial charge in [0.1, 0.15) is 11.9 Å². The molecule has 1 fully saturated rings. The summed E-state index contributed by atoms with van der Waals surface area (Å²) >= 11 is 1.56. The van der Waals surface area contributed by atoms with Crippen LogP contribution in [-0.4, -0.2) is 41.7 Å². The first-order valence-electron chi connectivity index (χ1n) is 12.2. The van der Waals surface area contributed by atoms with E-state index in [1.165, 1.54) is 12.5 Å². The van der Waals surface area contributed by atoms with E-state index in [0.717, 1.165) is 34.5 Å². The number of hydrogen-bond acceptors (Lipinski definition) is 7. The minimum absolute atomic E-state index is 0.0531. The number of nitrogens with one attached hydrogen (secondary N) is 1. The Balaban J connectivity index is 1.75. The Morgan fingerprint density at radius 3 is 2.71 bits per heavy atom. The number of allylic oxidation sites excluding steroid dienone is 1. The maximum Gasteiger partial charge on any atom is 0.224 e. The Labute approximate surface area is 210 Å². The first-order chi connectivity index (χ1) is 16.8. The summed E-state index contributed by atoms with van der Waals surface area (Å²) in [6.45, 7) is 8.32. The molecule has 8 heteroatoms. The van der Waals surface area contributed by atoms with Gasteiger partial charge >= 0.3 is 0 Å². The van der Waals surface area contributed by atoms with Crippen LogP contribution in [0.25, 0.3) is 10.2 Å². The average Bonchev–Trinajstić information content (AvgIpc) is 3.26. The van der Waals surface area contributed by atoms with E-state index < -0.39 is 5.92 Å². The van der Waals surface area contributed by atoms with Crippen molar-refractivity contribution in [2.45, 2.75) is 64.8 Å². The highest BCUT2D eigenvalue weighted by atomic mass is 32.1. The number of carbonyl (C=O) groups is 3. The minimum atomic E-state index is -0.536. The summed E-state index contributed by atoms with van der Waals surface area (Å²) < 4.78 is 6.55. The van der Waals surface area contributed by atoms with Crippen LogP contribution < -0.4 is 5.32 Å². The van der Waals surface area contributed by atoms with Gasteiger partial charge in [-0.25, -0.2) is 4.98 Å². The number of rotatable bonds is 12. The van der Waals surface area contributed by atoms with Crippen LogP contribution in [0.5, 0.6) is 0 Å². The molecular formula is C27H33N3O4S. The molecule has 1 amide bonds. The lowest BCUT2D eigenvalue weighted by Crippen LogP contribution is -2.45. The molecule has 0 saturated carbocycles. The molecule has 1 N–H and O–H groups in total. The van der Waals surface area contributed by atoms with E-state index in [1.54, 1.807) is 17.4 Å². The number of Topliss-reactive ketones (excluding diaryl/α,β-unsaturated/α-hetero) is 2. The number of ketones is 2. The first-order valence-corrected chi connectivity index (χ1v) is 13.0. The van der Waals surface area contributed by atoms with Crippen LogP contribution in [0.3, 0.4) is 0 Å². The SMILES string of the molecule is C=C(C#N)C(=O)CC[C@@H](NC(=O)[C@@H](CC(C)=O)Cc1nc2ccc(CC)cc2s1)C1CCOCC1. The molecule has 7 nitrogen and oxygen atoms in total. The third-order valence-electron chi connectivity index (χ3n) is 6.55. The number of aryl methyl sites for hydroxylation is 1. The zero-order chi connectivity index (χ0) is 25.4. The Kier molecular flexibility index (Phi) is 9.70. The van der Waals surface area contributed by atoms with Gasteiger partial charge in [-0.3, -0.25) is 9.59 Å². The summed E-state index contributed by atoms with van der Waals surface area (Å²) in [4.78, 5) is 42.3. The van der Waals surface area contributed by atoms with E-state index in [1.807, 2.05) is 6.07 Å². The van der Waals surface area contributed by atoms with Gasteiger partial charge in [0.2, 0.25) is 5.91 Å². The van der Waals surface area contributed by atoms with E-state index in [0.29, 0.717) is 26.1 Å². The van der Waals surface area contributed by atoms with E-state index in [2.05, 4.69) is 31.0 Å². The average molecular weight is 496 g/mol. The van der Waals surface area contributed by atoms with E-state index in [4.69, 9.17) is 15.0 Å². The minimum Gasteiger partial charge on any atom is -0.381 e. The normalized spacial score (nSPS) is 15.8. The Morgan fingerprint density at radius 1 is 1.31 bits per heavy atom. The number of amides is 1. The summed E-state index contributed by atoms with van der Waals surface area (Å²) in [6, 6.07) is 7.75. The van der Waals surface area contributed by atoms with Gasteiger partial charge in [-0.1, -0.05) is 19.6 Å². The molecule has 2 aromatic rings.